The molecule has 5 nitrogen and oxygen atoms in total. The minimum Gasteiger partial charge on any atom is -0.469 e. The molecule has 0 aromatic rings. The highest BCUT2D eigenvalue weighted by Crippen LogP contribution is 2.22. The fourth-order valence-corrected chi connectivity index (χ4v) is 2.39. The first kappa shape index (κ1) is 13.1. The van der Waals surface area contributed by atoms with E-state index in [1.807, 2.05) is 4.90 Å². The fourth-order valence-electron chi connectivity index (χ4n) is 2.39. The Balaban J connectivity index is 1.85. The molecular formula is C13H19NO4. The van der Waals surface area contributed by atoms with Gasteiger partial charge in [0.15, 0.2) is 0 Å². The number of carbonyl (C=O) groups is 2. The Kier molecular flexibility index (Phi) is 4.36. The third-order valence-electron chi connectivity index (χ3n) is 3.43. The van der Waals surface area contributed by atoms with E-state index in [2.05, 4.69) is 16.9 Å². The number of hydrogen-bond acceptors (Lipinski definition) is 4. The van der Waals surface area contributed by atoms with Gasteiger partial charge < -0.3 is 14.4 Å². The van der Waals surface area contributed by atoms with Crippen molar-refractivity contribution in [1.29, 1.82) is 0 Å². The van der Waals surface area contributed by atoms with Crippen LogP contribution in [0.15, 0.2) is 12.2 Å². The average molecular weight is 253 g/mol. The van der Waals surface area contributed by atoms with Gasteiger partial charge in [0.05, 0.1) is 26.2 Å². The van der Waals surface area contributed by atoms with Crippen LogP contribution >= 0.6 is 0 Å². The lowest BCUT2D eigenvalue weighted by Crippen LogP contribution is -2.48. The molecule has 1 heterocycles. The summed E-state index contributed by atoms with van der Waals surface area (Å²) in [7, 11) is 1.36. The standard InChI is InChI=1S/C13H19NO4/c1-17-12(15)8-11-9-14(6-7-18-11)13(16)10-4-2-3-5-10/h2-3,10-11H,4-9H2,1H3. The maximum Gasteiger partial charge on any atom is 0.308 e. The number of nitrogens with zero attached hydrogens (tertiary/aromatic N) is 1. The highest BCUT2D eigenvalue weighted by Gasteiger charge is 2.30. The van der Waals surface area contributed by atoms with Crippen LogP contribution in [0.4, 0.5) is 0 Å². The predicted molar refractivity (Wildman–Crippen MR) is 64.8 cm³/mol. The van der Waals surface area contributed by atoms with Crippen LogP contribution in [0.2, 0.25) is 0 Å². The van der Waals surface area contributed by atoms with Gasteiger partial charge in [0, 0.05) is 19.0 Å². The molecule has 0 radical (unpaired) electrons. The molecule has 0 aromatic heterocycles. The molecule has 5 heteroatoms. The van der Waals surface area contributed by atoms with Crippen molar-refractivity contribution in [3.63, 3.8) is 0 Å². The van der Waals surface area contributed by atoms with Crippen LogP contribution < -0.4 is 0 Å². The first-order valence-corrected chi connectivity index (χ1v) is 6.33. The normalized spacial score (nSPS) is 24.3. The number of methoxy groups -OCH3 is 1. The molecule has 1 atom stereocenters. The maximum absolute atomic E-state index is 12.2. The summed E-state index contributed by atoms with van der Waals surface area (Å²) in [4.78, 5) is 25.2. The average Bonchev–Trinajstić information content (AvgIpc) is 2.92. The molecule has 0 spiro atoms. The van der Waals surface area contributed by atoms with Gasteiger partial charge in [-0.3, -0.25) is 9.59 Å². The topological polar surface area (TPSA) is 55.8 Å². The van der Waals surface area contributed by atoms with Crippen LogP contribution in [-0.2, 0) is 19.1 Å². The van der Waals surface area contributed by atoms with E-state index in [1.165, 1.54) is 7.11 Å². The van der Waals surface area contributed by atoms with Crippen LogP contribution in [0.25, 0.3) is 0 Å². The molecule has 1 aliphatic carbocycles. The van der Waals surface area contributed by atoms with E-state index >= 15 is 0 Å². The van der Waals surface area contributed by atoms with E-state index in [1.54, 1.807) is 0 Å². The molecule has 1 saturated heterocycles. The zero-order chi connectivity index (χ0) is 13.0. The largest absolute Gasteiger partial charge is 0.469 e. The second-order valence-electron chi connectivity index (χ2n) is 4.70. The molecule has 0 aromatic carbocycles. The van der Waals surface area contributed by atoms with E-state index in [4.69, 9.17) is 4.74 Å². The summed E-state index contributed by atoms with van der Waals surface area (Å²) in [6, 6.07) is 0. The molecule has 1 fully saturated rings. The predicted octanol–water partition coefficient (Wildman–Crippen LogP) is 0.743. The summed E-state index contributed by atoms with van der Waals surface area (Å²) >= 11 is 0. The quantitative estimate of drug-likeness (QED) is 0.550. The molecule has 2 aliphatic rings. The van der Waals surface area contributed by atoms with Crippen molar-refractivity contribution < 1.29 is 19.1 Å². The number of allylic oxidation sites excluding steroid dienone is 2. The van der Waals surface area contributed by atoms with Crippen LogP contribution in [0.3, 0.4) is 0 Å². The minimum atomic E-state index is -0.295. The molecule has 100 valence electrons. The molecule has 2 rings (SSSR count). The van der Waals surface area contributed by atoms with Gasteiger partial charge in [-0.25, -0.2) is 0 Å². The fraction of sp³-hybridized carbons (Fsp3) is 0.692. The SMILES string of the molecule is COC(=O)CC1CN(C(=O)C2CC=CC2)CCO1. The number of amides is 1. The lowest BCUT2D eigenvalue weighted by atomic mass is 10.0. The van der Waals surface area contributed by atoms with Crippen LogP contribution in [0.1, 0.15) is 19.3 Å². The second kappa shape index (κ2) is 6.00. The Bertz CT molecular complexity index is 345. The third-order valence-corrected chi connectivity index (χ3v) is 3.43. The Morgan fingerprint density at radius 3 is 2.78 bits per heavy atom. The monoisotopic (exact) mass is 253 g/mol. The van der Waals surface area contributed by atoms with Gasteiger partial charge in [-0.15, -0.1) is 0 Å². The molecule has 0 N–H and O–H groups in total. The van der Waals surface area contributed by atoms with Crippen LogP contribution in [-0.4, -0.2) is 49.7 Å². The number of rotatable bonds is 3. The summed E-state index contributed by atoms with van der Waals surface area (Å²) < 4.78 is 10.1. The summed E-state index contributed by atoms with van der Waals surface area (Å²) in [5.74, 6) is -0.0307. The zero-order valence-electron chi connectivity index (χ0n) is 10.6. The third kappa shape index (κ3) is 3.10. The van der Waals surface area contributed by atoms with E-state index in [9.17, 15) is 9.59 Å². The van der Waals surface area contributed by atoms with Gasteiger partial charge >= 0.3 is 5.97 Å². The molecule has 1 amide bonds. The van der Waals surface area contributed by atoms with Gasteiger partial charge in [-0.1, -0.05) is 12.2 Å². The summed E-state index contributed by atoms with van der Waals surface area (Å²) in [6.07, 6.45) is 5.74. The minimum absolute atomic E-state index is 0.0851. The number of ether oxygens (including phenoxy) is 2. The Morgan fingerprint density at radius 2 is 2.11 bits per heavy atom. The number of morpholine rings is 1. The maximum atomic E-state index is 12.2. The first-order chi connectivity index (χ1) is 8.70. The summed E-state index contributed by atoms with van der Waals surface area (Å²) in [5.41, 5.74) is 0. The van der Waals surface area contributed by atoms with E-state index in [0.717, 1.165) is 12.8 Å². The molecule has 0 bridgehead atoms. The lowest BCUT2D eigenvalue weighted by molar-refractivity contribution is -0.151. The first-order valence-electron chi connectivity index (χ1n) is 6.33. The second-order valence-corrected chi connectivity index (χ2v) is 4.70. The molecule has 1 unspecified atom stereocenters. The number of carbonyl (C=O) groups excluding carboxylic acids is 2. The van der Waals surface area contributed by atoms with Crippen LogP contribution in [0, 0.1) is 5.92 Å². The molecule has 0 saturated carbocycles. The Morgan fingerprint density at radius 1 is 1.39 bits per heavy atom. The van der Waals surface area contributed by atoms with Gasteiger partial charge in [-0.05, 0) is 12.8 Å². The van der Waals surface area contributed by atoms with Crippen molar-refractivity contribution in [1.82, 2.24) is 4.90 Å². The van der Waals surface area contributed by atoms with Crippen molar-refractivity contribution in [2.24, 2.45) is 5.92 Å². The molecule has 18 heavy (non-hydrogen) atoms. The highest BCUT2D eigenvalue weighted by atomic mass is 16.5. The Hall–Kier alpha value is -1.36. The van der Waals surface area contributed by atoms with Crippen molar-refractivity contribution in [2.45, 2.75) is 25.4 Å². The van der Waals surface area contributed by atoms with Gasteiger partial charge in [0.2, 0.25) is 5.91 Å². The van der Waals surface area contributed by atoms with Crippen molar-refractivity contribution in [3.05, 3.63) is 12.2 Å². The number of esters is 1. The highest BCUT2D eigenvalue weighted by molar-refractivity contribution is 5.80. The summed E-state index contributed by atoms with van der Waals surface area (Å²) in [5, 5.41) is 0. The van der Waals surface area contributed by atoms with Gasteiger partial charge in [-0.2, -0.15) is 0 Å². The van der Waals surface area contributed by atoms with Gasteiger partial charge in [0.1, 0.15) is 0 Å². The van der Waals surface area contributed by atoms with Crippen molar-refractivity contribution in [3.8, 4) is 0 Å². The van der Waals surface area contributed by atoms with Crippen LogP contribution in [0.5, 0.6) is 0 Å². The molecular weight excluding hydrogens is 234 g/mol. The summed E-state index contributed by atoms with van der Waals surface area (Å²) in [6.45, 7) is 1.60. The molecule has 1 aliphatic heterocycles. The zero-order valence-corrected chi connectivity index (χ0v) is 10.6. The van der Waals surface area contributed by atoms with E-state index < -0.39 is 0 Å². The van der Waals surface area contributed by atoms with Gasteiger partial charge in [0.25, 0.3) is 0 Å². The lowest BCUT2D eigenvalue weighted by Gasteiger charge is -2.34. The number of hydrogen-bond donors (Lipinski definition) is 0. The van der Waals surface area contributed by atoms with Crippen molar-refractivity contribution in [2.75, 3.05) is 26.8 Å². The van der Waals surface area contributed by atoms with E-state index in [-0.39, 0.29) is 30.3 Å². The van der Waals surface area contributed by atoms with E-state index in [0.29, 0.717) is 19.7 Å². The smallest absolute Gasteiger partial charge is 0.308 e. The Labute approximate surface area is 107 Å². The van der Waals surface area contributed by atoms with Crippen molar-refractivity contribution >= 4 is 11.9 Å².